The Labute approximate surface area is 121 Å². The Hall–Kier alpha value is -1.10. The van der Waals surface area contributed by atoms with Crippen LogP contribution >= 0.6 is 23.2 Å². The molecule has 0 radical (unpaired) electrons. The van der Waals surface area contributed by atoms with Crippen LogP contribution in [0.25, 0.3) is 0 Å². The Morgan fingerprint density at radius 1 is 1.32 bits per heavy atom. The van der Waals surface area contributed by atoms with Crippen molar-refractivity contribution in [3.05, 3.63) is 33.8 Å². The molecule has 0 heterocycles. The summed E-state index contributed by atoms with van der Waals surface area (Å²) in [4.78, 5) is 23.5. The lowest BCUT2D eigenvalue weighted by Crippen LogP contribution is -2.35. The van der Waals surface area contributed by atoms with E-state index in [1.807, 2.05) is 0 Å². The monoisotopic (exact) mass is 303 g/mol. The molecule has 19 heavy (non-hydrogen) atoms. The van der Waals surface area contributed by atoms with Crippen molar-refractivity contribution in [1.29, 1.82) is 0 Å². The first-order valence-corrected chi connectivity index (χ1v) is 6.51. The summed E-state index contributed by atoms with van der Waals surface area (Å²) in [6.45, 7) is 3.42. The molecule has 104 valence electrons. The number of hydrogen-bond acceptors (Lipinski definition) is 4. The summed E-state index contributed by atoms with van der Waals surface area (Å²) in [5, 5.41) is 0.673. The lowest BCUT2D eigenvalue weighted by atomic mass is 10.0. The highest BCUT2D eigenvalue weighted by Crippen LogP contribution is 2.22. The quantitative estimate of drug-likeness (QED) is 0.671. The summed E-state index contributed by atoms with van der Waals surface area (Å²) >= 11 is 11.7. The van der Waals surface area contributed by atoms with Gasteiger partial charge in [0.1, 0.15) is 6.04 Å². The van der Waals surface area contributed by atoms with Gasteiger partial charge in [0.15, 0.2) is 5.78 Å². The number of rotatable bonds is 5. The zero-order valence-electron chi connectivity index (χ0n) is 10.7. The first-order chi connectivity index (χ1) is 8.81. The minimum absolute atomic E-state index is 0.160. The van der Waals surface area contributed by atoms with E-state index in [-0.39, 0.29) is 23.3 Å². The number of nitrogens with two attached hydrogens (primary N) is 1. The van der Waals surface area contributed by atoms with Crippen LogP contribution in [0.4, 0.5) is 0 Å². The molecule has 4 nitrogen and oxygen atoms in total. The van der Waals surface area contributed by atoms with Crippen molar-refractivity contribution in [3.8, 4) is 0 Å². The van der Waals surface area contributed by atoms with E-state index in [1.54, 1.807) is 19.9 Å². The van der Waals surface area contributed by atoms with E-state index >= 15 is 0 Å². The fourth-order valence-corrected chi connectivity index (χ4v) is 1.94. The van der Waals surface area contributed by atoms with Crippen molar-refractivity contribution < 1.29 is 14.3 Å². The van der Waals surface area contributed by atoms with Gasteiger partial charge in [0.25, 0.3) is 0 Å². The number of Topliss-reactive ketones (excluding diaryl/α,β-unsaturated/α-hetero) is 1. The Morgan fingerprint density at radius 2 is 1.95 bits per heavy atom. The fourth-order valence-electron chi connectivity index (χ4n) is 1.43. The normalized spacial score (nSPS) is 12.3. The number of ether oxygens (including phenoxy) is 1. The highest BCUT2D eigenvalue weighted by atomic mass is 35.5. The van der Waals surface area contributed by atoms with Crippen molar-refractivity contribution in [2.45, 2.75) is 32.4 Å². The van der Waals surface area contributed by atoms with Crippen molar-refractivity contribution in [1.82, 2.24) is 0 Å². The molecule has 0 aliphatic rings. The second-order valence-corrected chi connectivity index (χ2v) is 5.19. The summed E-state index contributed by atoms with van der Waals surface area (Å²) < 4.78 is 4.93. The van der Waals surface area contributed by atoms with E-state index in [0.717, 1.165) is 0 Å². The van der Waals surface area contributed by atoms with Gasteiger partial charge >= 0.3 is 5.97 Å². The van der Waals surface area contributed by atoms with Crippen molar-refractivity contribution in [2.75, 3.05) is 0 Å². The van der Waals surface area contributed by atoms with Gasteiger partial charge in [0.05, 0.1) is 11.1 Å². The van der Waals surface area contributed by atoms with Crippen molar-refractivity contribution in [3.63, 3.8) is 0 Å². The van der Waals surface area contributed by atoms with Crippen LogP contribution in [0.5, 0.6) is 0 Å². The number of esters is 1. The smallest absolute Gasteiger partial charge is 0.323 e. The average molecular weight is 304 g/mol. The first kappa shape index (κ1) is 16.0. The maximum atomic E-state index is 12.0. The minimum Gasteiger partial charge on any atom is -0.462 e. The largest absolute Gasteiger partial charge is 0.462 e. The second kappa shape index (κ2) is 6.89. The number of benzene rings is 1. The molecule has 1 rings (SSSR count). The SMILES string of the molecule is CC(C)OC(=O)C(N)CC(=O)c1ccc(Cl)cc1Cl. The third kappa shape index (κ3) is 4.82. The molecule has 0 saturated heterocycles. The van der Waals surface area contributed by atoms with Crippen LogP contribution in [0, 0.1) is 0 Å². The predicted molar refractivity (Wildman–Crippen MR) is 74.6 cm³/mol. The van der Waals surface area contributed by atoms with E-state index in [0.29, 0.717) is 10.6 Å². The number of carbonyl (C=O) groups is 2. The molecule has 0 bridgehead atoms. The molecule has 1 atom stereocenters. The Bertz CT molecular complexity index is 489. The molecule has 2 N–H and O–H groups in total. The summed E-state index contributed by atoms with van der Waals surface area (Å²) in [5.41, 5.74) is 5.91. The number of halogens is 2. The zero-order chi connectivity index (χ0) is 14.6. The summed E-state index contributed by atoms with van der Waals surface area (Å²) in [6, 6.07) is 3.53. The van der Waals surface area contributed by atoms with Gasteiger partial charge in [0, 0.05) is 17.0 Å². The van der Waals surface area contributed by atoms with Crippen molar-refractivity contribution >= 4 is 35.0 Å². The van der Waals surface area contributed by atoms with Gasteiger partial charge in [-0.25, -0.2) is 0 Å². The predicted octanol–water partition coefficient (Wildman–Crippen LogP) is 2.85. The Balaban J connectivity index is 2.71. The topological polar surface area (TPSA) is 69.4 Å². The summed E-state index contributed by atoms with van der Waals surface area (Å²) in [5.74, 6) is -0.927. The van der Waals surface area contributed by atoms with Gasteiger partial charge in [0.2, 0.25) is 0 Å². The molecule has 1 aromatic carbocycles. The van der Waals surface area contributed by atoms with Gasteiger partial charge in [-0.15, -0.1) is 0 Å². The van der Waals surface area contributed by atoms with Crippen LogP contribution in [0.3, 0.4) is 0 Å². The third-order valence-corrected chi connectivity index (χ3v) is 2.84. The highest BCUT2D eigenvalue weighted by Gasteiger charge is 2.22. The van der Waals surface area contributed by atoms with E-state index in [1.165, 1.54) is 12.1 Å². The molecular weight excluding hydrogens is 289 g/mol. The number of ketones is 1. The average Bonchev–Trinajstić information content (AvgIpc) is 2.27. The van der Waals surface area contributed by atoms with Gasteiger partial charge < -0.3 is 10.5 Å². The maximum Gasteiger partial charge on any atom is 0.323 e. The molecule has 6 heteroatoms. The molecule has 1 aromatic rings. The highest BCUT2D eigenvalue weighted by molar-refractivity contribution is 6.36. The van der Waals surface area contributed by atoms with E-state index in [4.69, 9.17) is 33.7 Å². The molecular formula is C13H15Cl2NO3. The van der Waals surface area contributed by atoms with Gasteiger partial charge in [-0.1, -0.05) is 23.2 Å². The molecule has 0 aliphatic heterocycles. The minimum atomic E-state index is -0.998. The molecule has 0 aromatic heterocycles. The van der Waals surface area contributed by atoms with E-state index in [9.17, 15) is 9.59 Å². The maximum absolute atomic E-state index is 12.0. The Kier molecular flexibility index (Phi) is 5.79. The molecule has 1 unspecified atom stereocenters. The molecule has 0 amide bonds. The molecule has 0 fully saturated rings. The van der Waals surface area contributed by atoms with Gasteiger partial charge in [-0.2, -0.15) is 0 Å². The van der Waals surface area contributed by atoms with Gasteiger partial charge in [-0.3, -0.25) is 9.59 Å². The number of carbonyl (C=O) groups excluding carboxylic acids is 2. The molecule has 0 saturated carbocycles. The number of hydrogen-bond donors (Lipinski definition) is 1. The van der Waals surface area contributed by atoms with Crippen LogP contribution in [0.15, 0.2) is 18.2 Å². The van der Waals surface area contributed by atoms with Crippen molar-refractivity contribution in [2.24, 2.45) is 5.73 Å². The third-order valence-electron chi connectivity index (χ3n) is 2.29. The lowest BCUT2D eigenvalue weighted by molar-refractivity contribution is -0.148. The summed E-state index contributed by atoms with van der Waals surface area (Å²) in [7, 11) is 0. The van der Waals surface area contributed by atoms with Crippen LogP contribution in [0.1, 0.15) is 30.6 Å². The van der Waals surface area contributed by atoms with Crippen LogP contribution in [-0.4, -0.2) is 23.9 Å². The summed E-state index contributed by atoms with van der Waals surface area (Å²) in [6.07, 6.45) is -0.430. The van der Waals surface area contributed by atoms with Crippen LogP contribution < -0.4 is 5.73 Å². The van der Waals surface area contributed by atoms with Crippen LogP contribution in [0.2, 0.25) is 10.0 Å². The fraction of sp³-hybridized carbons (Fsp3) is 0.385. The van der Waals surface area contributed by atoms with E-state index < -0.39 is 12.0 Å². The lowest BCUT2D eigenvalue weighted by Gasteiger charge is -2.13. The first-order valence-electron chi connectivity index (χ1n) is 5.75. The Morgan fingerprint density at radius 3 is 2.47 bits per heavy atom. The molecule has 0 aliphatic carbocycles. The second-order valence-electron chi connectivity index (χ2n) is 4.34. The molecule has 0 spiro atoms. The van der Waals surface area contributed by atoms with Gasteiger partial charge in [-0.05, 0) is 32.0 Å². The van der Waals surface area contributed by atoms with E-state index in [2.05, 4.69) is 0 Å². The zero-order valence-corrected chi connectivity index (χ0v) is 12.2. The van der Waals surface area contributed by atoms with Crippen LogP contribution in [-0.2, 0) is 9.53 Å². The standard InChI is InChI=1S/C13H15Cl2NO3/c1-7(2)19-13(18)11(16)6-12(17)9-4-3-8(14)5-10(9)15/h3-5,7,11H,6,16H2,1-2H3.